The van der Waals surface area contributed by atoms with Crippen molar-refractivity contribution < 1.29 is 14.3 Å². The molecule has 0 spiro atoms. The number of carbonyl (C=O) groups excluding carboxylic acids is 1. The summed E-state index contributed by atoms with van der Waals surface area (Å²) in [5.74, 6) is 0.168. The summed E-state index contributed by atoms with van der Waals surface area (Å²) in [4.78, 5) is 11.1. The van der Waals surface area contributed by atoms with E-state index in [2.05, 4.69) is 13.8 Å². The molecule has 0 N–H and O–H groups in total. The topological polar surface area (TPSA) is 35.5 Å². The minimum absolute atomic E-state index is 0.0951. The van der Waals surface area contributed by atoms with Crippen LogP contribution >= 0.6 is 0 Å². The second-order valence-electron chi connectivity index (χ2n) is 3.84. The van der Waals surface area contributed by atoms with Gasteiger partial charge in [0.1, 0.15) is 0 Å². The third-order valence-corrected chi connectivity index (χ3v) is 2.01. The van der Waals surface area contributed by atoms with Crippen LogP contribution in [0.4, 0.5) is 0 Å². The van der Waals surface area contributed by atoms with Crippen LogP contribution in [-0.4, -0.2) is 18.9 Å². The largest absolute Gasteiger partial charge is 0.438 e. The summed E-state index contributed by atoms with van der Waals surface area (Å²) in [6.45, 7) is 8.19. The van der Waals surface area contributed by atoms with Gasteiger partial charge in [0.05, 0.1) is 6.10 Å². The van der Waals surface area contributed by atoms with Gasteiger partial charge in [-0.15, -0.1) is 0 Å². The third kappa shape index (κ3) is 6.89. The summed E-state index contributed by atoms with van der Waals surface area (Å²) in [5, 5.41) is 0. The van der Waals surface area contributed by atoms with E-state index in [9.17, 15) is 4.79 Å². The lowest BCUT2D eigenvalue weighted by molar-refractivity contribution is -0.162. The number of hydrogen-bond acceptors (Lipinski definition) is 3. The molecule has 0 aromatic rings. The van der Waals surface area contributed by atoms with Gasteiger partial charge in [-0.1, -0.05) is 27.7 Å². The minimum atomic E-state index is -0.175. The average Bonchev–Trinajstić information content (AvgIpc) is 2.11. The first kappa shape index (κ1) is 13.4. The van der Waals surface area contributed by atoms with Crippen molar-refractivity contribution in [3.8, 4) is 0 Å². The molecule has 0 aliphatic rings. The Bertz CT molecular complexity index is 151. The molecule has 3 heteroatoms. The molecule has 14 heavy (non-hydrogen) atoms. The fraction of sp³-hybridized carbons (Fsp3) is 0.909. The third-order valence-electron chi connectivity index (χ3n) is 2.01. The van der Waals surface area contributed by atoms with Gasteiger partial charge in [-0.3, -0.25) is 4.79 Å². The molecule has 0 aliphatic heterocycles. The molecule has 0 saturated carbocycles. The number of esters is 1. The smallest absolute Gasteiger partial charge is 0.308 e. The van der Waals surface area contributed by atoms with Crippen molar-refractivity contribution in [2.75, 3.05) is 6.79 Å². The van der Waals surface area contributed by atoms with Gasteiger partial charge in [0.15, 0.2) is 6.79 Å². The minimum Gasteiger partial charge on any atom is -0.438 e. The van der Waals surface area contributed by atoms with Crippen molar-refractivity contribution in [3.63, 3.8) is 0 Å². The first-order chi connectivity index (χ1) is 6.60. The van der Waals surface area contributed by atoms with E-state index in [0.717, 1.165) is 12.8 Å². The van der Waals surface area contributed by atoms with E-state index in [4.69, 9.17) is 9.47 Å². The fourth-order valence-electron chi connectivity index (χ4n) is 1.11. The van der Waals surface area contributed by atoms with Gasteiger partial charge in [0.25, 0.3) is 0 Å². The Morgan fingerprint density at radius 2 is 1.79 bits per heavy atom. The summed E-state index contributed by atoms with van der Waals surface area (Å²) in [6, 6.07) is 0. The zero-order valence-corrected chi connectivity index (χ0v) is 9.71. The van der Waals surface area contributed by atoms with Crippen LogP contribution in [0, 0.1) is 5.92 Å². The molecule has 0 aromatic heterocycles. The quantitative estimate of drug-likeness (QED) is 0.470. The first-order valence-corrected chi connectivity index (χ1v) is 5.37. The van der Waals surface area contributed by atoms with Crippen LogP contribution in [0.25, 0.3) is 0 Å². The summed E-state index contributed by atoms with van der Waals surface area (Å²) in [7, 11) is 0. The van der Waals surface area contributed by atoms with Crippen molar-refractivity contribution in [2.24, 2.45) is 5.92 Å². The molecule has 0 saturated heterocycles. The van der Waals surface area contributed by atoms with E-state index in [-0.39, 0.29) is 18.9 Å². The molecule has 0 heterocycles. The van der Waals surface area contributed by atoms with E-state index in [0.29, 0.717) is 12.3 Å². The van der Waals surface area contributed by atoms with Gasteiger partial charge in [-0.05, 0) is 18.8 Å². The van der Waals surface area contributed by atoms with E-state index in [1.807, 2.05) is 13.8 Å². The molecule has 84 valence electrons. The van der Waals surface area contributed by atoms with Gasteiger partial charge in [0.2, 0.25) is 0 Å². The second kappa shape index (κ2) is 7.80. The number of rotatable bonds is 7. The molecule has 0 aliphatic carbocycles. The van der Waals surface area contributed by atoms with Crippen LogP contribution in [-0.2, 0) is 14.3 Å². The maximum absolute atomic E-state index is 11.1. The summed E-state index contributed by atoms with van der Waals surface area (Å²) in [5.41, 5.74) is 0. The molecule has 0 radical (unpaired) electrons. The van der Waals surface area contributed by atoms with Crippen LogP contribution in [0.2, 0.25) is 0 Å². The molecule has 3 nitrogen and oxygen atoms in total. The molecule has 0 amide bonds. The van der Waals surface area contributed by atoms with E-state index in [1.54, 1.807) is 0 Å². The predicted molar refractivity (Wildman–Crippen MR) is 55.9 cm³/mol. The van der Waals surface area contributed by atoms with E-state index in [1.165, 1.54) is 0 Å². The van der Waals surface area contributed by atoms with Crippen molar-refractivity contribution in [2.45, 2.75) is 53.1 Å². The van der Waals surface area contributed by atoms with Gasteiger partial charge in [0, 0.05) is 6.42 Å². The first-order valence-electron chi connectivity index (χ1n) is 5.37. The summed E-state index contributed by atoms with van der Waals surface area (Å²) < 4.78 is 10.3. The zero-order chi connectivity index (χ0) is 11.0. The highest BCUT2D eigenvalue weighted by Crippen LogP contribution is 2.04. The molecule has 0 fully saturated rings. The molecule has 0 atom stereocenters. The Hall–Kier alpha value is -0.570. The van der Waals surface area contributed by atoms with Crippen LogP contribution in [0.15, 0.2) is 0 Å². The number of ether oxygens (including phenoxy) is 2. The normalized spacial score (nSPS) is 11.0. The van der Waals surface area contributed by atoms with E-state index >= 15 is 0 Å². The zero-order valence-electron chi connectivity index (χ0n) is 9.71. The number of carbonyl (C=O) groups is 1. The monoisotopic (exact) mass is 202 g/mol. The molecular weight excluding hydrogens is 180 g/mol. The SMILES string of the molecule is CCC(CC)OCOC(=O)CC(C)C. The lowest BCUT2D eigenvalue weighted by Gasteiger charge is -2.14. The highest BCUT2D eigenvalue weighted by atomic mass is 16.7. The van der Waals surface area contributed by atoms with Crippen molar-refractivity contribution >= 4 is 5.97 Å². The van der Waals surface area contributed by atoms with Crippen LogP contribution < -0.4 is 0 Å². The molecule has 0 rings (SSSR count). The molecular formula is C11H22O3. The summed E-state index contributed by atoms with van der Waals surface area (Å²) in [6.07, 6.45) is 2.59. The maximum Gasteiger partial charge on any atom is 0.308 e. The van der Waals surface area contributed by atoms with Gasteiger partial charge in [-0.25, -0.2) is 0 Å². The predicted octanol–water partition coefficient (Wildman–Crippen LogP) is 2.74. The second-order valence-corrected chi connectivity index (χ2v) is 3.84. The fourth-order valence-corrected chi connectivity index (χ4v) is 1.11. The highest BCUT2D eigenvalue weighted by molar-refractivity contribution is 5.69. The maximum atomic E-state index is 11.1. The lowest BCUT2D eigenvalue weighted by Crippen LogP contribution is -2.16. The Kier molecular flexibility index (Phi) is 7.48. The Balaban J connectivity index is 3.48. The molecule has 0 aromatic carbocycles. The Morgan fingerprint density at radius 3 is 2.21 bits per heavy atom. The lowest BCUT2D eigenvalue weighted by atomic mass is 10.1. The van der Waals surface area contributed by atoms with Crippen LogP contribution in [0.5, 0.6) is 0 Å². The molecule has 0 unspecified atom stereocenters. The Labute approximate surface area is 86.8 Å². The van der Waals surface area contributed by atoms with Crippen molar-refractivity contribution in [3.05, 3.63) is 0 Å². The van der Waals surface area contributed by atoms with Crippen molar-refractivity contribution in [1.82, 2.24) is 0 Å². The molecule has 0 bridgehead atoms. The Morgan fingerprint density at radius 1 is 1.21 bits per heavy atom. The van der Waals surface area contributed by atoms with Gasteiger partial charge in [-0.2, -0.15) is 0 Å². The van der Waals surface area contributed by atoms with Crippen LogP contribution in [0.3, 0.4) is 0 Å². The highest BCUT2D eigenvalue weighted by Gasteiger charge is 2.07. The number of hydrogen-bond donors (Lipinski definition) is 0. The average molecular weight is 202 g/mol. The summed E-state index contributed by atoms with van der Waals surface area (Å²) >= 11 is 0. The van der Waals surface area contributed by atoms with E-state index < -0.39 is 0 Å². The standard InChI is InChI=1S/C11H22O3/c1-5-10(6-2)13-8-14-11(12)7-9(3)4/h9-10H,5-8H2,1-4H3. The van der Waals surface area contributed by atoms with Gasteiger partial charge < -0.3 is 9.47 Å². The van der Waals surface area contributed by atoms with Crippen LogP contribution in [0.1, 0.15) is 47.0 Å². The van der Waals surface area contributed by atoms with Gasteiger partial charge >= 0.3 is 5.97 Å². The van der Waals surface area contributed by atoms with Crippen molar-refractivity contribution in [1.29, 1.82) is 0 Å².